The second-order valence-electron chi connectivity index (χ2n) is 5.90. The molecule has 22 heavy (non-hydrogen) atoms. The third-order valence-corrected chi connectivity index (χ3v) is 5.98. The Morgan fingerprint density at radius 1 is 1.64 bits per heavy atom. The van der Waals surface area contributed by atoms with E-state index in [0.717, 1.165) is 32.4 Å². The van der Waals surface area contributed by atoms with Gasteiger partial charge in [0, 0.05) is 5.54 Å². The quantitative estimate of drug-likeness (QED) is 0.589. The summed E-state index contributed by atoms with van der Waals surface area (Å²) in [5.41, 5.74) is -0.454. The minimum absolute atomic E-state index is 0.255. The molecule has 1 aliphatic carbocycles. The number of hydrogen-bond acceptors (Lipinski definition) is 6. The molecule has 2 unspecified atom stereocenters. The van der Waals surface area contributed by atoms with E-state index in [1.54, 1.807) is 6.92 Å². The summed E-state index contributed by atoms with van der Waals surface area (Å²) in [7, 11) is -3.96. The zero-order valence-corrected chi connectivity index (χ0v) is 13.1. The van der Waals surface area contributed by atoms with Crippen molar-refractivity contribution < 1.29 is 13.3 Å². The average molecular weight is 329 g/mol. The minimum Gasteiger partial charge on any atom is -0.358 e. The van der Waals surface area contributed by atoms with Gasteiger partial charge in [-0.15, -0.1) is 0 Å². The largest absolute Gasteiger partial charge is 0.410 e. The monoisotopic (exact) mass is 329 g/mol. The van der Waals surface area contributed by atoms with E-state index >= 15 is 0 Å². The van der Waals surface area contributed by atoms with E-state index in [0.29, 0.717) is 6.54 Å². The average Bonchev–Trinajstić information content (AvgIpc) is 2.95. The Kier molecular flexibility index (Phi) is 3.69. The number of sulfonamides is 1. The van der Waals surface area contributed by atoms with Gasteiger partial charge >= 0.3 is 5.82 Å². The number of nitrogens with zero attached hydrogens (tertiary/aromatic N) is 3. The van der Waals surface area contributed by atoms with Crippen molar-refractivity contribution in [3.63, 3.8) is 0 Å². The molecule has 1 aromatic rings. The van der Waals surface area contributed by atoms with Crippen molar-refractivity contribution in [2.24, 2.45) is 5.92 Å². The number of aryl methyl sites for hydroxylation is 1. The number of nitrogens with one attached hydrogen (secondary N) is 2. The van der Waals surface area contributed by atoms with Crippen LogP contribution < -0.4 is 10.0 Å². The number of nitro groups is 1. The zero-order valence-electron chi connectivity index (χ0n) is 12.3. The summed E-state index contributed by atoms with van der Waals surface area (Å²) >= 11 is 0. The minimum atomic E-state index is -3.96. The normalized spacial score (nSPS) is 28.0. The van der Waals surface area contributed by atoms with Crippen molar-refractivity contribution in [2.45, 2.75) is 43.2 Å². The van der Waals surface area contributed by atoms with Crippen molar-refractivity contribution in [3.05, 3.63) is 16.3 Å². The van der Waals surface area contributed by atoms with E-state index in [9.17, 15) is 18.5 Å². The van der Waals surface area contributed by atoms with E-state index in [2.05, 4.69) is 15.1 Å². The fraction of sp³-hybridized carbons (Fsp3) is 0.750. The highest BCUT2D eigenvalue weighted by atomic mass is 32.2. The highest BCUT2D eigenvalue weighted by molar-refractivity contribution is 7.89. The van der Waals surface area contributed by atoms with Gasteiger partial charge in [0.25, 0.3) is 10.0 Å². The van der Waals surface area contributed by atoms with Crippen LogP contribution in [-0.4, -0.2) is 41.8 Å². The van der Waals surface area contributed by atoms with Gasteiger partial charge in [-0.2, -0.15) is 4.68 Å². The van der Waals surface area contributed by atoms with Gasteiger partial charge in [0.2, 0.25) is 4.90 Å². The lowest BCUT2D eigenvalue weighted by molar-refractivity contribution is -0.392. The van der Waals surface area contributed by atoms with Crippen LogP contribution in [0.25, 0.3) is 0 Å². The fourth-order valence-corrected chi connectivity index (χ4v) is 4.74. The molecule has 3 rings (SSSR count). The summed E-state index contributed by atoms with van der Waals surface area (Å²) in [5, 5.41) is 18.1. The lowest BCUT2D eigenvalue weighted by Crippen LogP contribution is -2.39. The maximum atomic E-state index is 12.6. The second-order valence-corrected chi connectivity index (χ2v) is 7.55. The molecule has 0 bridgehead atoms. The lowest BCUT2D eigenvalue weighted by atomic mass is 10.1. The van der Waals surface area contributed by atoms with Gasteiger partial charge in [-0.3, -0.25) is 0 Å². The third kappa shape index (κ3) is 2.61. The molecule has 2 atom stereocenters. The van der Waals surface area contributed by atoms with Crippen molar-refractivity contribution >= 4 is 15.8 Å². The number of fused-ring (bicyclic) bond motifs is 1. The fourth-order valence-electron chi connectivity index (χ4n) is 3.13. The molecule has 0 spiro atoms. The SMILES string of the molecule is CCn1cc(S(=O)(=O)NC23CCCNCC2C3)c([N+](=O)[O-])n1. The Balaban J connectivity index is 1.90. The molecule has 2 aliphatic rings. The van der Waals surface area contributed by atoms with Gasteiger partial charge in [-0.1, -0.05) is 0 Å². The molecule has 122 valence electrons. The first kappa shape index (κ1) is 15.4. The Morgan fingerprint density at radius 2 is 2.41 bits per heavy atom. The van der Waals surface area contributed by atoms with Gasteiger partial charge in [-0.05, 0) is 50.1 Å². The summed E-state index contributed by atoms with van der Waals surface area (Å²) in [6.07, 6.45) is 3.63. The molecule has 1 saturated heterocycles. The summed E-state index contributed by atoms with van der Waals surface area (Å²) in [6.45, 7) is 3.76. The number of aromatic nitrogens is 2. The topological polar surface area (TPSA) is 119 Å². The highest BCUT2D eigenvalue weighted by Gasteiger charge is 2.56. The molecule has 10 heteroatoms. The Bertz CT molecular complexity index is 700. The van der Waals surface area contributed by atoms with E-state index in [-0.39, 0.29) is 10.8 Å². The summed E-state index contributed by atoms with van der Waals surface area (Å²) in [5.74, 6) is -0.361. The van der Waals surface area contributed by atoms with Gasteiger partial charge in [0.1, 0.15) is 0 Å². The summed E-state index contributed by atoms with van der Waals surface area (Å²) in [4.78, 5) is 9.96. The van der Waals surface area contributed by atoms with Crippen LogP contribution in [0.15, 0.2) is 11.1 Å². The van der Waals surface area contributed by atoms with Gasteiger partial charge in [0.15, 0.2) is 0 Å². The second kappa shape index (κ2) is 5.28. The Hall–Kier alpha value is -1.52. The van der Waals surface area contributed by atoms with Crippen LogP contribution in [0.5, 0.6) is 0 Å². The molecule has 0 aromatic carbocycles. The summed E-state index contributed by atoms with van der Waals surface area (Å²) < 4.78 is 29.2. The lowest BCUT2D eigenvalue weighted by Gasteiger charge is -2.16. The van der Waals surface area contributed by atoms with E-state index in [4.69, 9.17) is 0 Å². The van der Waals surface area contributed by atoms with Crippen molar-refractivity contribution in [3.8, 4) is 0 Å². The predicted octanol–water partition coefficient (Wildman–Crippen LogP) is 0.232. The standard InChI is InChI=1S/C12H19N5O4S/c1-2-16-8-10(11(14-16)17(18)19)22(20,21)15-12-4-3-5-13-7-9(12)6-12/h8-9,13,15H,2-7H2,1H3. The molecule has 1 saturated carbocycles. The molecule has 0 radical (unpaired) electrons. The van der Waals surface area contributed by atoms with Crippen LogP contribution in [0.2, 0.25) is 0 Å². The molecule has 0 amide bonds. The van der Waals surface area contributed by atoms with Crippen molar-refractivity contribution in [1.82, 2.24) is 19.8 Å². The zero-order chi connectivity index (χ0) is 16.0. The Labute approximate surface area is 128 Å². The predicted molar refractivity (Wildman–Crippen MR) is 77.8 cm³/mol. The molecule has 2 N–H and O–H groups in total. The first-order chi connectivity index (χ1) is 10.4. The first-order valence-corrected chi connectivity index (χ1v) is 8.83. The number of hydrogen-bond donors (Lipinski definition) is 2. The van der Waals surface area contributed by atoms with Gasteiger partial charge in [0.05, 0.1) is 17.8 Å². The van der Waals surface area contributed by atoms with Crippen molar-refractivity contribution in [1.29, 1.82) is 0 Å². The van der Waals surface area contributed by atoms with E-state index in [1.165, 1.54) is 10.9 Å². The Morgan fingerprint density at radius 3 is 3.09 bits per heavy atom. The third-order valence-electron chi connectivity index (χ3n) is 4.43. The molecule has 2 heterocycles. The molecule has 1 aromatic heterocycles. The van der Waals surface area contributed by atoms with Crippen molar-refractivity contribution in [2.75, 3.05) is 13.1 Å². The summed E-state index contributed by atoms with van der Waals surface area (Å²) in [6, 6.07) is 0. The molecular formula is C12H19N5O4S. The van der Waals surface area contributed by atoms with E-state index in [1.807, 2.05) is 0 Å². The molecular weight excluding hydrogens is 310 g/mol. The van der Waals surface area contributed by atoms with Crippen LogP contribution in [0.4, 0.5) is 5.82 Å². The van der Waals surface area contributed by atoms with Gasteiger partial charge in [-0.25, -0.2) is 13.1 Å². The highest BCUT2D eigenvalue weighted by Crippen LogP contribution is 2.48. The van der Waals surface area contributed by atoms with Crippen LogP contribution in [0.1, 0.15) is 26.2 Å². The smallest absolute Gasteiger partial charge is 0.358 e. The van der Waals surface area contributed by atoms with Gasteiger partial charge < -0.3 is 15.4 Å². The number of rotatable bonds is 5. The molecule has 1 aliphatic heterocycles. The maximum absolute atomic E-state index is 12.6. The van der Waals surface area contributed by atoms with Crippen LogP contribution in [0.3, 0.4) is 0 Å². The first-order valence-electron chi connectivity index (χ1n) is 7.34. The van der Waals surface area contributed by atoms with Crippen LogP contribution in [-0.2, 0) is 16.6 Å². The van der Waals surface area contributed by atoms with E-state index < -0.39 is 26.3 Å². The molecule has 9 nitrogen and oxygen atoms in total. The van der Waals surface area contributed by atoms with Crippen LogP contribution >= 0.6 is 0 Å². The van der Waals surface area contributed by atoms with Crippen LogP contribution in [0, 0.1) is 16.0 Å². The molecule has 2 fully saturated rings. The maximum Gasteiger partial charge on any atom is 0.410 e.